The summed E-state index contributed by atoms with van der Waals surface area (Å²) >= 11 is 5.31. The Hall–Kier alpha value is -2.22. The molecule has 0 saturated carbocycles. The highest BCUT2D eigenvalue weighted by Gasteiger charge is 2.24. The van der Waals surface area contributed by atoms with Gasteiger partial charge >= 0.3 is 11.9 Å². The fourth-order valence-corrected chi connectivity index (χ4v) is 1.53. The summed E-state index contributed by atoms with van der Waals surface area (Å²) in [5.41, 5.74) is -0.797. The van der Waals surface area contributed by atoms with Crippen molar-refractivity contribution in [1.29, 1.82) is 0 Å². The van der Waals surface area contributed by atoms with Crippen LogP contribution in [0.3, 0.4) is 0 Å². The topological polar surface area (TPSA) is 94.9 Å². The summed E-state index contributed by atoms with van der Waals surface area (Å²) in [6, 6.07) is 1.03. The van der Waals surface area contributed by atoms with Gasteiger partial charge in [-0.2, -0.15) is 0 Å². The zero-order chi connectivity index (χ0) is 15.4. The van der Waals surface area contributed by atoms with Crippen LogP contribution in [0.15, 0.2) is 12.1 Å². The van der Waals surface area contributed by atoms with Crippen molar-refractivity contribution in [3.05, 3.63) is 34.4 Å². The number of carbonyl (C=O) groups excluding carboxylic acids is 1. The van der Waals surface area contributed by atoms with Gasteiger partial charge in [0, 0.05) is 0 Å². The molecule has 0 aromatic heterocycles. The minimum Gasteiger partial charge on any atom is -0.480 e. The summed E-state index contributed by atoms with van der Waals surface area (Å²) in [7, 11) is 0. The second-order valence-electron chi connectivity index (χ2n) is 3.69. The van der Waals surface area contributed by atoms with Gasteiger partial charge in [0.25, 0.3) is 5.91 Å². The average Bonchev–Trinajstić information content (AvgIpc) is 2.31. The van der Waals surface area contributed by atoms with Gasteiger partial charge in [-0.25, -0.2) is 8.78 Å². The van der Waals surface area contributed by atoms with Gasteiger partial charge < -0.3 is 15.1 Å². The molecular weight excluding hydrogens is 300 g/mol. The average molecular weight is 308 g/mol. The molecule has 20 heavy (non-hydrogen) atoms. The normalized spacial score (nSPS) is 10.2. The maximum absolute atomic E-state index is 13.5. The van der Waals surface area contributed by atoms with Crippen molar-refractivity contribution in [3.63, 3.8) is 0 Å². The van der Waals surface area contributed by atoms with E-state index in [0.29, 0.717) is 17.0 Å². The molecule has 1 aromatic carbocycles. The highest BCUT2D eigenvalue weighted by atomic mass is 35.5. The quantitative estimate of drug-likeness (QED) is 0.798. The number of rotatable bonds is 5. The van der Waals surface area contributed by atoms with Crippen molar-refractivity contribution < 1.29 is 33.4 Å². The lowest BCUT2D eigenvalue weighted by molar-refractivity contribution is -0.140. The van der Waals surface area contributed by atoms with Crippen LogP contribution in [0.4, 0.5) is 8.78 Å². The minimum absolute atomic E-state index is 0.358. The fraction of sp³-hybridized carbons (Fsp3) is 0.182. The third-order valence-corrected chi connectivity index (χ3v) is 2.47. The van der Waals surface area contributed by atoms with Crippen LogP contribution < -0.4 is 0 Å². The number of hydrogen-bond donors (Lipinski definition) is 2. The Labute approximate surface area is 116 Å². The van der Waals surface area contributed by atoms with E-state index in [4.69, 9.17) is 21.8 Å². The van der Waals surface area contributed by atoms with Gasteiger partial charge in [0.2, 0.25) is 0 Å². The van der Waals surface area contributed by atoms with Crippen LogP contribution in [-0.4, -0.2) is 46.0 Å². The molecule has 108 valence electrons. The van der Waals surface area contributed by atoms with Crippen LogP contribution >= 0.6 is 11.6 Å². The number of aliphatic carboxylic acids is 2. The van der Waals surface area contributed by atoms with Gasteiger partial charge in [-0.1, -0.05) is 11.6 Å². The van der Waals surface area contributed by atoms with Crippen LogP contribution in [0.25, 0.3) is 0 Å². The fourth-order valence-electron chi connectivity index (χ4n) is 1.38. The van der Waals surface area contributed by atoms with E-state index in [1.54, 1.807) is 0 Å². The highest BCUT2D eigenvalue weighted by molar-refractivity contribution is 6.30. The number of amides is 1. The predicted octanol–water partition coefficient (Wildman–Crippen LogP) is 1.23. The molecule has 0 saturated heterocycles. The van der Waals surface area contributed by atoms with Crippen molar-refractivity contribution in [1.82, 2.24) is 4.90 Å². The molecule has 0 spiro atoms. The summed E-state index contributed by atoms with van der Waals surface area (Å²) in [5.74, 6) is -6.50. The van der Waals surface area contributed by atoms with Gasteiger partial charge in [0.15, 0.2) is 0 Å². The van der Waals surface area contributed by atoms with Crippen molar-refractivity contribution in [2.24, 2.45) is 0 Å². The zero-order valence-electron chi connectivity index (χ0n) is 9.77. The minimum atomic E-state index is -1.49. The smallest absolute Gasteiger partial charge is 0.323 e. The Morgan fingerprint density at radius 3 is 2.00 bits per heavy atom. The molecule has 0 bridgehead atoms. The first-order valence-electron chi connectivity index (χ1n) is 5.09. The maximum atomic E-state index is 13.5. The molecule has 0 fully saturated rings. The Morgan fingerprint density at radius 1 is 1.05 bits per heavy atom. The second-order valence-corrected chi connectivity index (χ2v) is 4.10. The van der Waals surface area contributed by atoms with Crippen LogP contribution in [0.2, 0.25) is 5.02 Å². The third-order valence-electron chi connectivity index (χ3n) is 2.18. The van der Waals surface area contributed by atoms with E-state index in [2.05, 4.69) is 0 Å². The number of carboxylic acids is 2. The monoisotopic (exact) mass is 307 g/mol. The largest absolute Gasteiger partial charge is 0.480 e. The van der Waals surface area contributed by atoms with Crippen molar-refractivity contribution in [2.75, 3.05) is 13.1 Å². The maximum Gasteiger partial charge on any atom is 0.323 e. The molecule has 0 unspecified atom stereocenters. The zero-order valence-corrected chi connectivity index (χ0v) is 10.5. The summed E-state index contributed by atoms with van der Waals surface area (Å²) in [5, 5.41) is 16.6. The van der Waals surface area contributed by atoms with E-state index in [1.807, 2.05) is 0 Å². The number of nitrogens with zero attached hydrogens (tertiary/aromatic N) is 1. The highest BCUT2D eigenvalue weighted by Crippen LogP contribution is 2.20. The molecule has 1 rings (SSSR count). The van der Waals surface area contributed by atoms with Gasteiger partial charge in [-0.05, 0) is 12.1 Å². The number of benzene rings is 1. The van der Waals surface area contributed by atoms with Crippen LogP contribution in [0.1, 0.15) is 10.4 Å². The number of carbonyl (C=O) groups is 3. The van der Waals surface area contributed by atoms with E-state index in [1.165, 1.54) is 0 Å². The summed E-state index contributed by atoms with van der Waals surface area (Å²) < 4.78 is 26.7. The van der Waals surface area contributed by atoms with E-state index in [9.17, 15) is 23.2 Å². The number of halogens is 3. The first kappa shape index (κ1) is 15.8. The van der Waals surface area contributed by atoms with E-state index in [0.717, 1.165) is 0 Å². The lowest BCUT2D eigenvalue weighted by Gasteiger charge is -2.18. The van der Waals surface area contributed by atoms with E-state index < -0.39 is 53.2 Å². The van der Waals surface area contributed by atoms with Crippen LogP contribution in [-0.2, 0) is 9.59 Å². The molecule has 0 aliphatic heterocycles. The number of carboxylic acid groups (broad SMARTS) is 2. The molecule has 0 aliphatic rings. The molecule has 0 aliphatic carbocycles. The molecule has 1 amide bonds. The van der Waals surface area contributed by atoms with Gasteiger partial charge in [-0.3, -0.25) is 14.4 Å². The predicted molar refractivity (Wildman–Crippen MR) is 62.5 cm³/mol. The molecule has 0 atom stereocenters. The van der Waals surface area contributed by atoms with E-state index >= 15 is 0 Å². The molecule has 0 radical (unpaired) electrons. The standard InChI is InChI=1S/C11H8ClF2NO5/c12-6-2-7(13)5(1-8(6)14)11(20)15(3-9(16)17)4-10(18)19/h1-2H,3-4H2,(H,16,17)(H,18,19). The first-order valence-corrected chi connectivity index (χ1v) is 5.47. The lowest BCUT2D eigenvalue weighted by Crippen LogP contribution is -2.39. The summed E-state index contributed by atoms with van der Waals surface area (Å²) in [4.78, 5) is 33.3. The Kier molecular flexibility index (Phi) is 4.98. The Morgan fingerprint density at radius 2 is 1.55 bits per heavy atom. The third kappa shape index (κ3) is 3.89. The van der Waals surface area contributed by atoms with E-state index in [-0.39, 0.29) is 0 Å². The Bertz CT molecular complexity index is 562. The molecule has 6 nitrogen and oxygen atoms in total. The van der Waals surface area contributed by atoms with Crippen molar-refractivity contribution in [2.45, 2.75) is 0 Å². The van der Waals surface area contributed by atoms with Gasteiger partial charge in [-0.15, -0.1) is 0 Å². The SMILES string of the molecule is O=C(O)CN(CC(=O)O)C(=O)c1cc(F)c(Cl)cc1F. The second kappa shape index (κ2) is 6.29. The van der Waals surface area contributed by atoms with Crippen LogP contribution in [0.5, 0.6) is 0 Å². The van der Waals surface area contributed by atoms with Gasteiger partial charge in [0.05, 0.1) is 10.6 Å². The first-order chi connectivity index (χ1) is 9.22. The van der Waals surface area contributed by atoms with Gasteiger partial charge in [0.1, 0.15) is 24.7 Å². The molecular formula is C11H8ClF2NO5. The Balaban J connectivity index is 3.14. The number of hydrogen-bond acceptors (Lipinski definition) is 3. The summed E-state index contributed by atoms with van der Waals surface area (Å²) in [6.07, 6.45) is 0. The molecule has 1 aromatic rings. The summed E-state index contributed by atoms with van der Waals surface area (Å²) in [6.45, 7) is -1.93. The molecule has 0 heterocycles. The molecule has 2 N–H and O–H groups in total. The van der Waals surface area contributed by atoms with Crippen LogP contribution in [0, 0.1) is 11.6 Å². The molecule has 9 heteroatoms. The lowest BCUT2D eigenvalue weighted by atomic mass is 10.1. The van der Waals surface area contributed by atoms with Crippen molar-refractivity contribution in [3.8, 4) is 0 Å². The van der Waals surface area contributed by atoms with Crippen molar-refractivity contribution >= 4 is 29.4 Å².